The van der Waals surface area contributed by atoms with E-state index in [1.165, 1.54) is 0 Å². The summed E-state index contributed by atoms with van der Waals surface area (Å²) in [7, 11) is -2.95. The molecule has 0 aromatic heterocycles. The summed E-state index contributed by atoms with van der Waals surface area (Å²) in [4.78, 5) is 21.4. The normalized spacial score (nSPS) is 24.3. The van der Waals surface area contributed by atoms with Gasteiger partial charge in [0.25, 0.3) is 0 Å². The molecule has 0 saturated heterocycles. The highest BCUT2D eigenvalue weighted by Crippen LogP contribution is 2.25. The number of carbonyl (C=O) groups is 2. The number of ether oxygens (including phenoxy) is 1. The number of nitrogens with one attached hydrogen (secondary N) is 2. The number of aliphatic carboxylic acids is 1. The van der Waals surface area contributed by atoms with Crippen molar-refractivity contribution in [3.05, 3.63) is 0 Å². The maximum atomic E-state index is 11.4. The van der Waals surface area contributed by atoms with E-state index >= 15 is 0 Å². The van der Waals surface area contributed by atoms with Crippen molar-refractivity contribution in [3.63, 3.8) is 0 Å². The number of carboxylic acid groups (broad SMARTS) is 1. The fourth-order valence-electron chi connectivity index (χ4n) is 1.71. The Morgan fingerprint density at radius 3 is 2.47 bits per heavy atom. The van der Waals surface area contributed by atoms with Crippen LogP contribution in [0.25, 0.3) is 0 Å². The number of hydrogen-bond donors (Lipinski definition) is 3. The minimum atomic E-state index is -3.99. The third-order valence-corrected chi connectivity index (χ3v) is 3.59. The molecule has 1 aliphatic carbocycles. The molecule has 0 radical (unpaired) electrons. The van der Waals surface area contributed by atoms with Crippen LogP contribution in [0.5, 0.6) is 0 Å². The molecule has 9 heteroatoms. The van der Waals surface area contributed by atoms with Crippen LogP contribution in [0.15, 0.2) is 0 Å². The first-order chi connectivity index (χ1) is 7.84. The molecule has 1 amide bonds. The Bertz CT molecular complexity index is 406. The molecule has 1 aliphatic rings. The van der Waals surface area contributed by atoms with Crippen molar-refractivity contribution in [2.45, 2.75) is 25.3 Å². The Kier molecular flexibility index (Phi) is 4.29. The second-order valence-electron chi connectivity index (χ2n) is 3.76. The SMILES string of the molecule is COC(=O)NS(=O)(=O)N[C@H]1CC[C@@H](C(=O)O)C1. The Balaban J connectivity index is 2.50. The molecule has 3 N–H and O–H groups in total. The number of rotatable bonds is 4. The van der Waals surface area contributed by atoms with Gasteiger partial charge in [-0.3, -0.25) is 4.79 Å². The average molecular weight is 266 g/mol. The first-order valence-electron chi connectivity index (χ1n) is 4.95. The first kappa shape index (κ1) is 13.7. The Morgan fingerprint density at radius 1 is 1.35 bits per heavy atom. The lowest BCUT2D eigenvalue weighted by Crippen LogP contribution is -2.44. The molecular formula is C8H14N2O6S. The van der Waals surface area contributed by atoms with Gasteiger partial charge in [-0.2, -0.15) is 13.1 Å². The van der Waals surface area contributed by atoms with Gasteiger partial charge in [0.2, 0.25) is 0 Å². The lowest BCUT2D eigenvalue weighted by Gasteiger charge is -2.12. The number of amides is 1. The Morgan fingerprint density at radius 2 is 2.00 bits per heavy atom. The molecule has 2 atom stereocenters. The van der Waals surface area contributed by atoms with Crippen LogP contribution in [0, 0.1) is 5.92 Å². The second-order valence-corrected chi connectivity index (χ2v) is 5.21. The molecule has 0 aromatic rings. The van der Waals surface area contributed by atoms with E-state index in [1.54, 1.807) is 4.72 Å². The molecular weight excluding hydrogens is 252 g/mol. The molecule has 8 nitrogen and oxygen atoms in total. The molecule has 1 saturated carbocycles. The van der Waals surface area contributed by atoms with Gasteiger partial charge in [0.05, 0.1) is 13.0 Å². The van der Waals surface area contributed by atoms with Gasteiger partial charge >= 0.3 is 22.3 Å². The van der Waals surface area contributed by atoms with E-state index in [0.717, 1.165) is 7.11 Å². The highest BCUT2D eigenvalue weighted by Gasteiger charge is 2.32. The summed E-state index contributed by atoms with van der Waals surface area (Å²) in [5, 5.41) is 8.75. The number of hydrogen-bond acceptors (Lipinski definition) is 5. The zero-order valence-corrected chi connectivity index (χ0v) is 9.99. The van der Waals surface area contributed by atoms with Crippen LogP contribution in [0.2, 0.25) is 0 Å². The Hall–Kier alpha value is -1.35. The van der Waals surface area contributed by atoms with E-state index in [4.69, 9.17) is 5.11 Å². The van der Waals surface area contributed by atoms with Gasteiger partial charge in [-0.25, -0.2) is 9.52 Å². The summed E-state index contributed by atoms with van der Waals surface area (Å²) < 4.78 is 30.7. The predicted molar refractivity (Wildman–Crippen MR) is 56.4 cm³/mol. The molecule has 1 fully saturated rings. The number of methoxy groups -OCH3 is 1. The van der Waals surface area contributed by atoms with Crippen LogP contribution in [-0.2, 0) is 19.7 Å². The first-order valence-corrected chi connectivity index (χ1v) is 6.43. The van der Waals surface area contributed by atoms with Gasteiger partial charge in [-0.05, 0) is 19.3 Å². The van der Waals surface area contributed by atoms with Gasteiger partial charge in [0, 0.05) is 6.04 Å². The smallest absolute Gasteiger partial charge is 0.421 e. The fraction of sp³-hybridized carbons (Fsp3) is 0.750. The predicted octanol–water partition coefficient (Wildman–Crippen LogP) is -0.570. The summed E-state index contributed by atoms with van der Waals surface area (Å²) in [6.45, 7) is 0. The lowest BCUT2D eigenvalue weighted by molar-refractivity contribution is -0.141. The van der Waals surface area contributed by atoms with E-state index in [9.17, 15) is 18.0 Å². The van der Waals surface area contributed by atoms with Crippen LogP contribution >= 0.6 is 0 Å². The van der Waals surface area contributed by atoms with Gasteiger partial charge in [0.1, 0.15) is 0 Å². The quantitative estimate of drug-likeness (QED) is 0.626. The highest BCUT2D eigenvalue weighted by molar-refractivity contribution is 7.88. The molecule has 0 aliphatic heterocycles. The van der Waals surface area contributed by atoms with Crippen molar-refractivity contribution >= 4 is 22.3 Å². The van der Waals surface area contributed by atoms with Crippen molar-refractivity contribution in [1.29, 1.82) is 0 Å². The average Bonchev–Trinajstić information content (AvgIpc) is 2.64. The summed E-state index contributed by atoms with van der Waals surface area (Å²) >= 11 is 0. The molecule has 0 bridgehead atoms. The van der Waals surface area contributed by atoms with Crippen molar-refractivity contribution in [1.82, 2.24) is 9.44 Å². The molecule has 98 valence electrons. The van der Waals surface area contributed by atoms with E-state index in [-0.39, 0.29) is 6.42 Å². The zero-order chi connectivity index (χ0) is 13.1. The topological polar surface area (TPSA) is 122 Å². The van der Waals surface area contributed by atoms with Gasteiger partial charge in [-0.1, -0.05) is 0 Å². The molecule has 17 heavy (non-hydrogen) atoms. The zero-order valence-electron chi connectivity index (χ0n) is 9.17. The van der Waals surface area contributed by atoms with Crippen molar-refractivity contribution in [3.8, 4) is 0 Å². The lowest BCUT2D eigenvalue weighted by atomic mass is 10.1. The van der Waals surface area contributed by atoms with E-state index < -0.39 is 34.2 Å². The van der Waals surface area contributed by atoms with Gasteiger partial charge in [0.15, 0.2) is 0 Å². The Labute approximate surface area is 98.5 Å². The van der Waals surface area contributed by atoms with E-state index in [2.05, 4.69) is 9.46 Å². The van der Waals surface area contributed by atoms with Crippen molar-refractivity contribution in [2.75, 3.05) is 7.11 Å². The molecule has 1 rings (SSSR count). The maximum Gasteiger partial charge on any atom is 0.421 e. The maximum absolute atomic E-state index is 11.4. The molecule has 0 heterocycles. The summed E-state index contributed by atoms with van der Waals surface area (Å²) in [5.74, 6) is -1.48. The largest absolute Gasteiger partial charge is 0.481 e. The van der Waals surface area contributed by atoms with Crippen LogP contribution in [0.3, 0.4) is 0 Å². The monoisotopic (exact) mass is 266 g/mol. The summed E-state index contributed by atoms with van der Waals surface area (Å²) in [5.41, 5.74) is 0. The molecule has 0 aromatic carbocycles. The van der Waals surface area contributed by atoms with E-state index in [1.807, 2.05) is 0 Å². The second kappa shape index (κ2) is 5.32. The van der Waals surface area contributed by atoms with Crippen LogP contribution < -0.4 is 9.44 Å². The van der Waals surface area contributed by atoms with Crippen molar-refractivity contribution in [2.24, 2.45) is 5.92 Å². The van der Waals surface area contributed by atoms with Crippen LogP contribution in [0.1, 0.15) is 19.3 Å². The van der Waals surface area contributed by atoms with E-state index in [0.29, 0.717) is 12.8 Å². The standard InChI is InChI=1S/C8H14N2O6S/c1-16-8(13)10-17(14,15)9-6-3-2-5(4-6)7(11)12/h5-6,9H,2-4H2,1H3,(H,10,13)(H,11,12)/t5-,6+/m1/s1. The fourth-order valence-corrected chi connectivity index (χ4v) is 2.73. The third kappa shape index (κ3) is 4.19. The van der Waals surface area contributed by atoms with Gasteiger partial charge in [-0.15, -0.1) is 0 Å². The number of carbonyl (C=O) groups excluding carboxylic acids is 1. The summed E-state index contributed by atoms with van der Waals surface area (Å²) in [6.07, 6.45) is -0.0257. The van der Waals surface area contributed by atoms with Gasteiger partial charge < -0.3 is 9.84 Å². The molecule has 0 spiro atoms. The minimum Gasteiger partial charge on any atom is -0.481 e. The number of carboxylic acids is 1. The highest BCUT2D eigenvalue weighted by atomic mass is 32.2. The van der Waals surface area contributed by atoms with Crippen molar-refractivity contribution < 1.29 is 27.9 Å². The molecule has 0 unspecified atom stereocenters. The summed E-state index contributed by atoms with van der Waals surface area (Å²) in [6, 6.07) is -0.474. The van der Waals surface area contributed by atoms with Crippen LogP contribution in [-0.4, -0.2) is 38.7 Å². The minimum absolute atomic E-state index is 0.220. The third-order valence-electron chi connectivity index (χ3n) is 2.51. The van der Waals surface area contributed by atoms with Crippen LogP contribution in [0.4, 0.5) is 4.79 Å².